The Morgan fingerprint density at radius 1 is 1.08 bits per heavy atom. The van der Waals surface area contributed by atoms with Crippen molar-refractivity contribution in [3.8, 4) is 0 Å². The van der Waals surface area contributed by atoms with E-state index < -0.39 is 11.8 Å². The van der Waals surface area contributed by atoms with Gasteiger partial charge in [0.2, 0.25) is 5.78 Å². The molecular weight excluding hydrogens is 326 g/mol. The van der Waals surface area contributed by atoms with Gasteiger partial charge in [-0.3, -0.25) is 4.79 Å². The van der Waals surface area contributed by atoms with Gasteiger partial charge < -0.3 is 10.1 Å². The van der Waals surface area contributed by atoms with Crippen LogP contribution in [0.2, 0.25) is 5.02 Å². The molecule has 0 aliphatic rings. The number of Topliss-reactive ketones (excluding diaryl/α,β-unsaturated/α-hetero) is 1. The molecule has 0 unspecified atom stereocenters. The third-order valence-electron chi connectivity index (χ3n) is 3.25. The SMILES string of the molecule is CCOC(=O)/C(=C\NCc1ccccc1)C(=O)c1ccccc1Cl. The summed E-state index contributed by atoms with van der Waals surface area (Å²) in [5, 5.41) is 3.28. The van der Waals surface area contributed by atoms with Gasteiger partial charge in [0.1, 0.15) is 5.57 Å². The molecule has 0 aliphatic heterocycles. The summed E-state index contributed by atoms with van der Waals surface area (Å²) in [5.74, 6) is -1.15. The average molecular weight is 344 g/mol. The van der Waals surface area contributed by atoms with Crippen molar-refractivity contribution in [2.45, 2.75) is 13.5 Å². The molecule has 0 amide bonds. The van der Waals surface area contributed by atoms with Crippen LogP contribution in [0.25, 0.3) is 0 Å². The standard InChI is InChI=1S/C19H18ClNO3/c1-2-24-19(23)16(13-21-12-14-8-4-3-5-9-14)18(22)15-10-6-7-11-17(15)20/h3-11,13,21H,2,12H2,1H3/b16-13-. The molecular formula is C19H18ClNO3. The summed E-state index contributed by atoms with van der Waals surface area (Å²) in [4.78, 5) is 24.7. The van der Waals surface area contributed by atoms with Crippen molar-refractivity contribution in [2.75, 3.05) is 6.61 Å². The molecule has 2 rings (SSSR count). The Labute approximate surface area is 146 Å². The fraction of sp³-hybridized carbons (Fsp3) is 0.158. The fourth-order valence-corrected chi connectivity index (χ4v) is 2.30. The number of benzene rings is 2. The van der Waals surface area contributed by atoms with Crippen LogP contribution in [0.3, 0.4) is 0 Å². The van der Waals surface area contributed by atoms with Crippen LogP contribution in [-0.4, -0.2) is 18.4 Å². The zero-order valence-corrected chi connectivity index (χ0v) is 14.0. The van der Waals surface area contributed by atoms with Gasteiger partial charge in [-0.15, -0.1) is 0 Å². The monoisotopic (exact) mass is 343 g/mol. The molecule has 0 spiro atoms. The Kier molecular flexibility index (Phi) is 6.58. The molecule has 24 heavy (non-hydrogen) atoms. The maximum Gasteiger partial charge on any atom is 0.343 e. The molecule has 0 bridgehead atoms. The minimum Gasteiger partial charge on any atom is -0.462 e. The molecule has 1 N–H and O–H groups in total. The summed E-state index contributed by atoms with van der Waals surface area (Å²) >= 11 is 6.05. The molecule has 0 heterocycles. The molecule has 0 atom stereocenters. The number of rotatable bonds is 7. The van der Waals surface area contributed by atoms with Gasteiger partial charge >= 0.3 is 5.97 Å². The summed E-state index contributed by atoms with van der Waals surface area (Å²) in [6.45, 7) is 2.36. The first-order valence-corrected chi connectivity index (χ1v) is 7.95. The lowest BCUT2D eigenvalue weighted by Gasteiger charge is -2.09. The smallest absolute Gasteiger partial charge is 0.343 e. The molecule has 0 saturated heterocycles. The van der Waals surface area contributed by atoms with E-state index in [0.717, 1.165) is 5.56 Å². The Hall–Kier alpha value is -2.59. The summed E-state index contributed by atoms with van der Waals surface area (Å²) in [6.07, 6.45) is 1.39. The number of carbonyl (C=O) groups excluding carboxylic acids is 2. The Balaban J connectivity index is 2.21. The first kappa shape index (κ1) is 17.8. The van der Waals surface area contributed by atoms with Crippen molar-refractivity contribution in [3.63, 3.8) is 0 Å². The lowest BCUT2D eigenvalue weighted by atomic mass is 10.0. The molecule has 2 aromatic rings. The highest BCUT2D eigenvalue weighted by Gasteiger charge is 2.22. The van der Waals surface area contributed by atoms with E-state index in [4.69, 9.17) is 16.3 Å². The molecule has 0 radical (unpaired) electrons. The average Bonchev–Trinajstić information content (AvgIpc) is 2.60. The van der Waals surface area contributed by atoms with Gasteiger partial charge in [-0.25, -0.2) is 4.79 Å². The number of ketones is 1. The largest absolute Gasteiger partial charge is 0.462 e. The van der Waals surface area contributed by atoms with Crippen molar-refractivity contribution in [2.24, 2.45) is 0 Å². The normalized spacial score (nSPS) is 11.0. The number of hydrogen-bond donors (Lipinski definition) is 1. The predicted molar refractivity (Wildman–Crippen MR) is 93.8 cm³/mol. The summed E-state index contributed by atoms with van der Waals surface area (Å²) in [5.41, 5.74) is 1.21. The summed E-state index contributed by atoms with van der Waals surface area (Å²) < 4.78 is 4.98. The van der Waals surface area contributed by atoms with Crippen LogP contribution < -0.4 is 5.32 Å². The molecule has 2 aromatic carbocycles. The Morgan fingerprint density at radius 2 is 1.75 bits per heavy atom. The Morgan fingerprint density at radius 3 is 2.42 bits per heavy atom. The van der Waals surface area contributed by atoms with E-state index in [-0.39, 0.29) is 17.7 Å². The number of hydrogen-bond acceptors (Lipinski definition) is 4. The highest BCUT2D eigenvalue weighted by atomic mass is 35.5. The van der Waals surface area contributed by atoms with Gasteiger partial charge in [0.05, 0.1) is 11.6 Å². The molecule has 0 saturated carbocycles. The third kappa shape index (κ3) is 4.70. The minimum absolute atomic E-state index is 0.0825. The maximum atomic E-state index is 12.6. The second-order valence-corrected chi connectivity index (χ2v) is 5.36. The quantitative estimate of drug-likeness (QED) is 0.273. The summed E-state index contributed by atoms with van der Waals surface area (Å²) in [7, 11) is 0. The Bertz CT molecular complexity index is 741. The number of esters is 1. The highest BCUT2D eigenvalue weighted by molar-refractivity contribution is 6.36. The molecule has 0 fully saturated rings. The topological polar surface area (TPSA) is 55.4 Å². The first-order valence-electron chi connectivity index (χ1n) is 7.57. The van der Waals surface area contributed by atoms with Crippen molar-refractivity contribution in [1.29, 1.82) is 0 Å². The van der Waals surface area contributed by atoms with Crippen molar-refractivity contribution >= 4 is 23.4 Å². The molecule has 0 aromatic heterocycles. The molecule has 4 nitrogen and oxygen atoms in total. The van der Waals surface area contributed by atoms with Crippen LogP contribution >= 0.6 is 11.6 Å². The van der Waals surface area contributed by atoms with E-state index >= 15 is 0 Å². The fourth-order valence-electron chi connectivity index (χ4n) is 2.08. The first-order chi connectivity index (χ1) is 11.6. The van der Waals surface area contributed by atoms with E-state index in [9.17, 15) is 9.59 Å². The summed E-state index contributed by atoms with van der Waals surface area (Å²) in [6, 6.07) is 16.2. The lowest BCUT2D eigenvalue weighted by molar-refractivity contribution is -0.138. The van der Waals surface area contributed by atoms with E-state index in [1.54, 1.807) is 31.2 Å². The zero-order chi connectivity index (χ0) is 17.4. The molecule has 5 heteroatoms. The number of halogens is 1. The van der Waals surface area contributed by atoms with Crippen LogP contribution in [0.5, 0.6) is 0 Å². The third-order valence-corrected chi connectivity index (χ3v) is 3.58. The minimum atomic E-state index is -0.678. The maximum absolute atomic E-state index is 12.6. The van der Waals surface area contributed by atoms with Crippen LogP contribution in [-0.2, 0) is 16.1 Å². The van der Waals surface area contributed by atoms with Gasteiger partial charge in [-0.05, 0) is 24.6 Å². The van der Waals surface area contributed by atoms with Crippen LogP contribution in [0.15, 0.2) is 66.4 Å². The number of carbonyl (C=O) groups is 2. The van der Waals surface area contributed by atoms with E-state index in [1.165, 1.54) is 6.20 Å². The lowest BCUT2D eigenvalue weighted by Crippen LogP contribution is -2.20. The number of ether oxygens (including phenoxy) is 1. The molecule has 0 aliphatic carbocycles. The van der Waals surface area contributed by atoms with Gasteiger partial charge in [-0.2, -0.15) is 0 Å². The van der Waals surface area contributed by atoms with Crippen LogP contribution in [0.4, 0.5) is 0 Å². The predicted octanol–water partition coefficient (Wildman–Crippen LogP) is 3.76. The zero-order valence-electron chi connectivity index (χ0n) is 13.3. The number of nitrogens with one attached hydrogen (secondary N) is 1. The van der Waals surface area contributed by atoms with Crippen molar-refractivity contribution < 1.29 is 14.3 Å². The van der Waals surface area contributed by atoms with Gasteiger partial charge in [0.15, 0.2) is 0 Å². The second kappa shape index (κ2) is 8.89. The van der Waals surface area contributed by atoms with Crippen LogP contribution in [0, 0.1) is 0 Å². The van der Waals surface area contributed by atoms with E-state index in [0.29, 0.717) is 11.6 Å². The molecule has 124 valence electrons. The second-order valence-electron chi connectivity index (χ2n) is 4.95. The van der Waals surface area contributed by atoms with Crippen molar-refractivity contribution in [1.82, 2.24) is 5.32 Å². The van der Waals surface area contributed by atoms with Gasteiger partial charge in [0.25, 0.3) is 0 Å². The van der Waals surface area contributed by atoms with E-state index in [2.05, 4.69) is 5.32 Å². The van der Waals surface area contributed by atoms with Gasteiger partial charge in [-0.1, -0.05) is 54.1 Å². The van der Waals surface area contributed by atoms with Crippen LogP contribution in [0.1, 0.15) is 22.8 Å². The van der Waals surface area contributed by atoms with Crippen molar-refractivity contribution in [3.05, 3.63) is 82.5 Å². The van der Waals surface area contributed by atoms with Gasteiger partial charge in [0, 0.05) is 18.3 Å². The van der Waals surface area contributed by atoms with E-state index in [1.807, 2.05) is 30.3 Å². The highest BCUT2D eigenvalue weighted by Crippen LogP contribution is 2.19.